The van der Waals surface area contributed by atoms with Crippen LogP contribution in [0.15, 0.2) is 36.4 Å². The monoisotopic (exact) mass is 479 g/mol. The van der Waals surface area contributed by atoms with Gasteiger partial charge < -0.3 is 15.4 Å². The first-order valence-corrected chi connectivity index (χ1v) is 11.0. The van der Waals surface area contributed by atoms with Crippen molar-refractivity contribution >= 4 is 34.4 Å². The number of benzene rings is 2. The van der Waals surface area contributed by atoms with Crippen LogP contribution in [0.5, 0.6) is 0 Å². The second-order valence-corrected chi connectivity index (χ2v) is 9.20. The molecule has 2 atom stereocenters. The molecule has 10 heteroatoms. The van der Waals surface area contributed by atoms with Gasteiger partial charge in [0.1, 0.15) is 24.2 Å². The summed E-state index contributed by atoms with van der Waals surface area (Å²) in [5.41, 5.74) is 0.302. The Bertz CT molecular complexity index is 1100. The molecule has 0 radical (unpaired) electrons. The van der Waals surface area contributed by atoms with E-state index in [2.05, 4.69) is 5.32 Å². The van der Waals surface area contributed by atoms with E-state index in [-0.39, 0.29) is 12.8 Å². The maximum Gasteiger partial charge on any atom is 0.408 e. The quantitative estimate of drug-likeness (QED) is 0.677. The lowest BCUT2D eigenvalue weighted by molar-refractivity contribution is -0.139. The van der Waals surface area contributed by atoms with Gasteiger partial charge in [0.2, 0.25) is 11.8 Å². The van der Waals surface area contributed by atoms with E-state index in [0.717, 1.165) is 10.8 Å². The number of nitrogens with one attached hydrogen (secondary N) is 2. The summed E-state index contributed by atoms with van der Waals surface area (Å²) in [7, 11) is 0. The van der Waals surface area contributed by atoms with Crippen molar-refractivity contribution in [2.45, 2.75) is 64.4 Å². The number of carbonyl (C=O) groups excluding carboxylic acids is 3. The highest BCUT2D eigenvalue weighted by atomic mass is 19.4. The first-order chi connectivity index (χ1) is 15.8. The van der Waals surface area contributed by atoms with Crippen molar-refractivity contribution in [3.63, 3.8) is 0 Å². The maximum absolute atomic E-state index is 13.5. The van der Waals surface area contributed by atoms with E-state index in [0.29, 0.717) is 11.3 Å². The lowest BCUT2D eigenvalue weighted by atomic mass is 10.0. The normalized spacial score (nSPS) is 16.7. The van der Waals surface area contributed by atoms with Gasteiger partial charge in [-0.1, -0.05) is 31.2 Å². The largest absolute Gasteiger partial charge is 0.444 e. The van der Waals surface area contributed by atoms with Gasteiger partial charge in [0, 0.05) is 12.1 Å². The number of alkyl carbamates (subject to hydrolysis) is 1. The molecule has 2 aromatic carbocycles. The van der Waals surface area contributed by atoms with Crippen LogP contribution in [0.2, 0.25) is 0 Å². The highest BCUT2D eigenvalue weighted by molar-refractivity contribution is 6.08. The van der Waals surface area contributed by atoms with Crippen LogP contribution in [0.1, 0.15) is 39.7 Å². The number of ether oxygens (including phenoxy) is 1. The molecule has 0 saturated heterocycles. The molecule has 0 aliphatic carbocycles. The Hall–Kier alpha value is -3.30. The van der Waals surface area contributed by atoms with E-state index < -0.39 is 48.3 Å². The third-order valence-corrected chi connectivity index (χ3v) is 5.33. The van der Waals surface area contributed by atoms with Crippen LogP contribution in [0.4, 0.5) is 23.7 Å². The molecular weight excluding hydrogens is 451 g/mol. The van der Waals surface area contributed by atoms with Gasteiger partial charge in [-0.15, -0.1) is 0 Å². The predicted octanol–water partition coefficient (Wildman–Crippen LogP) is 4.08. The van der Waals surface area contributed by atoms with Gasteiger partial charge in [-0.05, 0) is 55.7 Å². The van der Waals surface area contributed by atoms with Gasteiger partial charge in [-0.2, -0.15) is 13.2 Å². The Balaban J connectivity index is 1.95. The minimum atomic E-state index is -4.59. The predicted molar refractivity (Wildman–Crippen MR) is 121 cm³/mol. The Morgan fingerprint density at radius 3 is 2.29 bits per heavy atom. The topological polar surface area (TPSA) is 87.7 Å². The summed E-state index contributed by atoms with van der Waals surface area (Å²) in [5, 5.41) is 6.09. The SMILES string of the molecule is CC[C@H](NC(=O)OC(C)(C)C)C(=O)N1c2cc3ccccc3cc2C[C@H]1C(=O)NCC(F)(F)F. The van der Waals surface area contributed by atoms with E-state index in [1.54, 1.807) is 33.8 Å². The number of nitrogens with zero attached hydrogens (tertiary/aromatic N) is 1. The Kier molecular flexibility index (Phi) is 7.09. The molecule has 34 heavy (non-hydrogen) atoms. The molecule has 1 heterocycles. The van der Waals surface area contributed by atoms with Crippen LogP contribution in [0.3, 0.4) is 0 Å². The summed E-state index contributed by atoms with van der Waals surface area (Å²) >= 11 is 0. The average molecular weight is 479 g/mol. The number of fused-ring (bicyclic) bond motifs is 2. The summed E-state index contributed by atoms with van der Waals surface area (Å²) in [6, 6.07) is 8.72. The van der Waals surface area contributed by atoms with Crippen molar-refractivity contribution < 1.29 is 32.3 Å². The van der Waals surface area contributed by atoms with Gasteiger partial charge in [0.05, 0.1) is 0 Å². The summed E-state index contributed by atoms with van der Waals surface area (Å²) in [6.45, 7) is 5.21. The van der Waals surface area contributed by atoms with Crippen molar-refractivity contribution in [1.82, 2.24) is 10.6 Å². The summed E-state index contributed by atoms with van der Waals surface area (Å²) in [6.07, 6.45) is -5.15. The van der Waals surface area contributed by atoms with Crippen LogP contribution < -0.4 is 15.5 Å². The van der Waals surface area contributed by atoms with E-state index in [4.69, 9.17) is 4.74 Å². The molecule has 3 rings (SSSR count). The molecule has 2 N–H and O–H groups in total. The van der Waals surface area contributed by atoms with Gasteiger partial charge in [-0.25, -0.2) is 4.79 Å². The summed E-state index contributed by atoms with van der Waals surface area (Å²) in [4.78, 5) is 39.8. The Morgan fingerprint density at radius 2 is 1.74 bits per heavy atom. The molecule has 3 amide bonds. The van der Waals surface area contributed by atoms with Gasteiger partial charge in [-0.3, -0.25) is 14.5 Å². The smallest absolute Gasteiger partial charge is 0.408 e. The average Bonchev–Trinajstić information content (AvgIpc) is 3.10. The fourth-order valence-electron chi connectivity index (χ4n) is 3.87. The molecule has 0 saturated carbocycles. The van der Waals surface area contributed by atoms with Gasteiger partial charge in [0.15, 0.2) is 0 Å². The zero-order valence-corrected chi connectivity index (χ0v) is 19.5. The van der Waals surface area contributed by atoms with Crippen LogP contribution in [0, 0.1) is 0 Å². The number of hydrogen-bond acceptors (Lipinski definition) is 4. The number of halogens is 3. The molecule has 0 aromatic heterocycles. The summed E-state index contributed by atoms with van der Waals surface area (Å²) in [5.74, 6) is -1.52. The number of hydrogen-bond donors (Lipinski definition) is 2. The number of amides is 3. The third kappa shape index (κ3) is 5.98. The van der Waals surface area contributed by atoms with Crippen molar-refractivity contribution in [2.75, 3.05) is 11.4 Å². The molecule has 7 nitrogen and oxygen atoms in total. The molecule has 0 bridgehead atoms. The molecule has 2 aromatic rings. The summed E-state index contributed by atoms with van der Waals surface area (Å²) < 4.78 is 43.4. The molecule has 0 unspecified atom stereocenters. The van der Waals surface area contributed by atoms with Crippen molar-refractivity contribution in [3.05, 3.63) is 42.0 Å². The highest BCUT2D eigenvalue weighted by Crippen LogP contribution is 2.36. The van der Waals surface area contributed by atoms with Crippen LogP contribution in [0.25, 0.3) is 10.8 Å². The maximum atomic E-state index is 13.5. The number of carbonyl (C=O) groups is 3. The molecule has 0 fully saturated rings. The molecule has 184 valence electrons. The minimum Gasteiger partial charge on any atom is -0.444 e. The van der Waals surface area contributed by atoms with Crippen LogP contribution in [-0.4, -0.2) is 48.3 Å². The fourth-order valence-corrected chi connectivity index (χ4v) is 3.87. The van der Waals surface area contributed by atoms with Crippen LogP contribution >= 0.6 is 0 Å². The second kappa shape index (κ2) is 9.52. The molecular formula is C24H28F3N3O4. The second-order valence-electron chi connectivity index (χ2n) is 9.20. The van der Waals surface area contributed by atoms with Crippen molar-refractivity contribution in [3.8, 4) is 0 Å². The van der Waals surface area contributed by atoms with E-state index in [1.165, 1.54) is 4.90 Å². The lowest BCUT2D eigenvalue weighted by Gasteiger charge is -2.30. The Labute approximate surface area is 195 Å². The first kappa shape index (κ1) is 25.3. The van der Waals surface area contributed by atoms with Gasteiger partial charge >= 0.3 is 12.3 Å². The Morgan fingerprint density at radius 1 is 1.12 bits per heavy atom. The van der Waals surface area contributed by atoms with Crippen molar-refractivity contribution in [2.24, 2.45) is 0 Å². The van der Waals surface area contributed by atoms with Gasteiger partial charge in [0.25, 0.3) is 0 Å². The van der Waals surface area contributed by atoms with E-state index >= 15 is 0 Å². The standard InChI is InChI=1S/C24H28F3N3O4/c1-5-17(29-22(33)34-23(2,3)4)21(32)30-18-11-15-9-7-6-8-14(15)10-16(18)12-19(30)20(31)28-13-24(25,26)27/h6-11,17,19H,5,12-13H2,1-4H3,(H,28,31)(H,29,33)/t17-,19-/m0/s1. The minimum absolute atomic E-state index is 0.0540. The molecule has 0 spiro atoms. The third-order valence-electron chi connectivity index (χ3n) is 5.33. The number of rotatable bonds is 5. The van der Waals surface area contributed by atoms with Crippen LogP contribution in [-0.2, 0) is 20.7 Å². The number of anilines is 1. The highest BCUT2D eigenvalue weighted by Gasteiger charge is 2.42. The number of alkyl halides is 3. The fraction of sp³-hybridized carbons (Fsp3) is 0.458. The zero-order chi connectivity index (χ0) is 25.3. The first-order valence-electron chi connectivity index (χ1n) is 11.0. The van der Waals surface area contributed by atoms with Crippen molar-refractivity contribution in [1.29, 1.82) is 0 Å². The van der Waals surface area contributed by atoms with E-state index in [9.17, 15) is 27.6 Å². The zero-order valence-electron chi connectivity index (χ0n) is 19.5. The lowest BCUT2D eigenvalue weighted by Crippen LogP contribution is -2.55. The molecule has 1 aliphatic rings. The molecule has 1 aliphatic heterocycles. The van der Waals surface area contributed by atoms with E-state index in [1.807, 2.05) is 35.6 Å².